The van der Waals surface area contributed by atoms with E-state index in [4.69, 9.17) is 4.74 Å². The van der Waals surface area contributed by atoms with Crippen molar-refractivity contribution < 1.29 is 13.2 Å². The highest BCUT2D eigenvalue weighted by molar-refractivity contribution is 7.91. The number of aryl methyl sites for hydroxylation is 2. The van der Waals surface area contributed by atoms with Crippen molar-refractivity contribution in [2.75, 3.05) is 24.7 Å². The van der Waals surface area contributed by atoms with Crippen LogP contribution in [0.5, 0.6) is 0 Å². The highest BCUT2D eigenvalue weighted by atomic mass is 32.2. The van der Waals surface area contributed by atoms with Gasteiger partial charge in [0.1, 0.15) is 11.5 Å². The first-order valence-electron chi connectivity index (χ1n) is 8.16. The fourth-order valence-corrected chi connectivity index (χ4v) is 4.71. The summed E-state index contributed by atoms with van der Waals surface area (Å²) in [5.74, 6) is 1.63. The Kier molecular flexibility index (Phi) is 4.73. The molecule has 2 aromatic rings. The van der Waals surface area contributed by atoms with Gasteiger partial charge in [-0.2, -0.15) is 10.2 Å². The molecule has 1 aliphatic rings. The Balaban J connectivity index is 1.96. The zero-order valence-corrected chi connectivity index (χ0v) is 15.1. The summed E-state index contributed by atoms with van der Waals surface area (Å²) in [6, 6.07) is 1.79. The van der Waals surface area contributed by atoms with Gasteiger partial charge in [0.2, 0.25) is 0 Å². The van der Waals surface area contributed by atoms with E-state index in [-0.39, 0.29) is 17.5 Å². The molecule has 1 aliphatic heterocycles. The van der Waals surface area contributed by atoms with Gasteiger partial charge in [0.05, 0.1) is 36.4 Å². The van der Waals surface area contributed by atoms with Crippen molar-refractivity contribution in [3.05, 3.63) is 17.6 Å². The highest BCUT2D eigenvalue weighted by Gasteiger charge is 2.32. The van der Waals surface area contributed by atoms with Crippen molar-refractivity contribution in [1.82, 2.24) is 24.5 Å². The van der Waals surface area contributed by atoms with E-state index in [1.54, 1.807) is 4.68 Å². The molecule has 1 saturated heterocycles. The fraction of sp³-hybridized carbons (Fsp3) is 0.667. The van der Waals surface area contributed by atoms with Crippen molar-refractivity contribution in [3.63, 3.8) is 0 Å². The van der Waals surface area contributed by atoms with Crippen LogP contribution in [0, 0.1) is 13.8 Å². The molecule has 9 heteroatoms. The van der Waals surface area contributed by atoms with Gasteiger partial charge in [-0.3, -0.25) is 4.68 Å². The van der Waals surface area contributed by atoms with Crippen LogP contribution < -0.4 is 0 Å². The minimum atomic E-state index is -2.99. The monoisotopic (exact) mass is 353 g/mol. The van der Waals surface area contributed by atoms with E-state index in [2.05, 4.69) is 15.2 Å². The van der Waals surface area contributed by atoms with E-state index in [9.17, 15) is 8.42 Å². The molecule has 3 heterocycles. The lowest BCUT2D eigenvalue weighted by molar-refractivity contribution is 0.136. The molecule has 24 heavy (non-hydrogen) atoms. The van der Waals surface area contributed by atoms with E-state index in [0.717, 1.165) is 11.4 Å². The van der Waals surface area contributed by atoms with Gasteiger partial charge in [0.25, 0.3) is 0 Å². The number of hydrogen-bond donors (Lipinski definition) is 0. The molecule has 0 N–H and O–H groups in total. The average molecular weight is 353 g/mol. The molecule has 8 nitrogen and oxygen atoms in total. The zero-order valence-electron chi connectivity index (χ0n) is 14.3. The quantitative estimate of drug-likeness (QED) is 0.724. The average Bonchev–Trinajstić information content (AvgIpc) is 3.16. The van der Waals surface area contributed by atoms with E-state index in [1.807, 2.05) is 31.5 Å². The van der Waals surface area contributed by atoms with E-state index >= 15 is 0 Å². The Bertz CT molecular complexity index is 824. The second kappa shape index (κ2) is 6.64. The highest BCUT2D eigenvalue weighted by Crippen LogP contribution is 2.28. The molecule has 1 atom stereocenters. The summed E-state index contributed by atoms with van der Waals surface area (Å²) in [5.41, 5.74) is 1.73. The molecule has 0 spiro atoms. The van der Waals surface area contributed by atoms with Crippen molar-refractivity contribution in [2.45, 2.75) is 39.8 Å². The van der Waals surface area contributed by atoms with E-state index in [1.165, 1.54) is 0 Å². The maximum Gasteiger partial charge on any atom is 0.177 e. The molecule has 0 saturated carbocycles. The molecule has 2 aromatic heterocycles. The third kappa shape index (κ3) is 3.51. The lowest BCUT2D eigenvalue weighted by atomic mass is 10.2. The van der Waals surface area contributed by atoms with Crippen LogP contribution in [0.15, 0.2) is 6.07 Å². The van der Waals surface area contributed by atoms with Crippen LogP contribution in [0.3, 0.4) is 0 Å². The molecular formula is C15H23N5O3S. The van der Waals surface area contributed by atoms with Gasteiger partial charge in [-0.15, -0.1) is 0 Å². The third-order valence-electron chi connectivity index (χ3n) is 4.07. The van der Waals surface area contributed by atoms with Gasteiger partial charge >= 0.3 is 0 Å². The largest absolute Gasteiger partial charge is 0.380 e. The van der Waals surface area contributed by atoms with Crippen LogP contribution in [-0.4, -0.2) is 57.7 Å². The summed E-state index contributed by atoms with van der Waals surface area (Å²) in [4.78, 5) is 4.53. The lowest BCUT2D eigenvalue weighted by Crippen LogP contribution is -2.16. The topological polar surface area (TPSA) is 91.9 Å². The number of rotatable bonds is 6. The molecule has 0 aliphatic carbocycles. The summed E-state index contributed by atoms with van der Waals surface area (Å²) in [6.45, 7) is 7.54. The number of hydrogen-bond acceptors (Lipinski definition) is 6. The molecular weight excluding hydrogens is 330 g/mol. The summed E-state index contributed by atoms with van der Waals surface area (Å²) in [6.07, 6.45) is 0.574. The Hall–Kier alpha value is -1.74. The molecule has 3 rings (SSSR count). The van der Waals surface area contributed by atoms with Crippen LogP contribution in [-0.2, 0) is 21.1 Å². The predicted octanol–water partition coefficient (Wildman–Crippen LogP) is 1.15. The molecule has 0 amide bonds. The van der Waals surface area contributed by atoms with Crippen molar-refractivity contribution in [2.24, 2.45) is 0 Å². The zero-order chi connectivity index (χ0) is 17.3. The van der Waals surface area contributed by atoms with Crippen molar-refractivity contribution in [1.29, 1.82) is 0 Å². The maximum absolute atomic E-state index is 11.8. The van der Waals surface area contributed by atoms with Gasteiger partial charge in [-0.1, -0.05) is 0 Å². The van der Waals surface area contributed by atoms with Crippen LogP contribution in [0.25, 0.3) is 11.5 Å². The second-order valence-electron chi connectivity index (χ2n) is 6.08. The minimum absolute atomic E-state index is 0.120. The van der Waals surface area contributed by atoms with Crippen LogP contribution in [0.2, 0.25) is 0 Å². The normalized spacial score (nSPS) is 19.9. The van der Waals surface area contributed by atoms with Gasteiger partial charge < -0.3 is 4.74 Å². The van der Waals surface area contributed by atoms with Gasteiger partial charge in [-0.05, 0) is 33.3 Å². The molecule has 1 fully saturated rings. The molecule has 0 unspecified atom stereocenters. The van der Waals surface area contributed by atoms with Gasteiger partial charge in [0, 0.05) is 6.61 Å². The SMILES string of the molecule is CCOCCn1nc(C)cc1-c1nc(C)nn1[C@@H]1CCS(=O)(=O)C1. The second-order valence-corrected chi connectivity index (χ2v) is 8.30. The number of nitrogens with zero attached hydrogens (tertiary/aromatic N) is 5. The Morgan fingerprint density at radius 1 is 1.33 bits per heavy atom. The van der Waals surface area contributed by atoms with Gasteiger partial charge in [0.15, 0.2) is 15.7 Å². The molecule has 0 aromatic carbocycles. The first kappa shape index (κ1) is 17.1. The maximum atomic E-state index is 11.8. The lowest BCUT2D eigenvalue weighted by Gasteiger charge is -2.13. The molecule has 132 valence electrons. The Morgan fingerprint density at radius 2 is 2.12 bits per heavy atom. The molecule has 0 radical (unpaired) electrons. The smallest absolute Gasteiger partial charge is 0.177 e. The Morgan fingerprint density at radius 3 is 2.79 bits per heavy atom. The minimum Gasteiger partial charge on any atom is -0.380 e. The van der Waals surface area contributed by atoms with Crippen molar-refractivity contribution in [3.8, 4) is 11.5 Å². The first-order valence-corrected chi connectivity index (χ1v) is 9.98. The van der Waals surface area contributed by atoms with Gasteiger partial charge in [-0.25, -0.2) is 18.1 Å². The fourth-order valence-electron chi connectivity index (χ4n) is 3.02. The number of aromatic nitrogens is 5. The summed E-state index contributed by atoms with van der Waals surface area (Å²) >= 11 is 0. The number of sulfone groups is 1. The van der Waals surface area contributed by atoms with Crippen LogP contribution in [0.4, 0.5) is 0 Å². The van der Waals surface area contributed by atoms with Crippen molar-refractivity contribution >= 4 is 9.84 Å². The standard InChI is InChI=1S/C15H23N5O3S/c1-4-23-7-6-19-14(9-11(2)17-19)15-16-12(3)18-20(15)13-5-8-24(21,22)10-13/h9,13H,4-8,10H2,1-3H3/t13-/m1/s1. The summed E-state index contributed by atoms with van der Waals surface area (Å²) in [5, 5.41) is 8.95. The number of ether oxygens (including phenoxy) is 1. The predicted molar refractivity (Wildman–Crippen MR) is 89.5 cm³/mol. The summed E-state index contributed by atoms with van der Waals surface area (Å²) < 4.78 is 32.7. The van der Waals surface area contributed by atoms with E-state index in [0.29, 0.717) is 37.8 Å². The Labute approximate surface area is 141 Å². The van der Waals surface area contributed by atoms with Crippen LogP contribution in [0.1, 0.15) is 30.9 Å². The van der Waals surface area contributed by atoms with E-state index < -0.39 is 9.84 Å². The molecule has 0 bridgehead atoms. The first-order chi connectivity index (χ1) is 11.4. The third-order valence-corrected chi connectivity index (χ3v) is 5.82. The van der Waals surface area contributed by atoms with Crippen LogP contribution >= 0.6 is 0 Å². The summed E-state index contributed by atoms with van der Waals surface area (Å²) in [7, 11) is -2.99.